The molecule has 3 heterocycles. The summed E-state index contributed by atoms with van der Waals surface area (Å²) in [4.78, 5) is 22.2. The Hall–Kier alpha value is -2.55. The molecule has 28 heavy (non-hydrogen) atoms. The molecule has 2 aliphatic rings. The van der Waals surface area contributed by atoms with Gasteiger partial charge in [-0.25, -0.2) is 23.5 Å². The number of hydrogen-bond acceptors (Lipinski definition) is 6. The number of esters is 1. The summed E-state index contributed by atoms with van der Waals surface area (Å²) in [7, 11) is 1.57. The van der Waals surface area contributed by atoms with Crippen LogP contribution >= 0.6 is 0 Å². The maximum absolute atomic E-state index is 14.2. The van der Waals surface area contributed by atoms with Gasteiger partial charge in [0, 0.05) is 25.8 Å². The normalized spacial score (nSPS) is 25.6. The number of rotatable bonds is 7. The number of alkyl halides is 2. The number of carbonyl (C=O) groups excluding carboxylic acids is 1. The first kappa shape index (κ1) is 18.8. The van der Waals surface area contributed by atoms with Gasteiger partial charge in [-0.1, -0.05) is 6.07 Å². The summed E-state index contributed by atoms with van der Waals surface area (Å²) in [5.74, 6) is -0.400. The van der Waals surface area contributed by atoms with Crippen LogP contribution in [0.25, 0.3) is 0 Å². The lowest BCUT2D eigenvalue weighted by Crippen LogP contribution is -2.29. The molecule has 0 bridgehead atoms. The van der Waals surface area contributed by atoms with Crippen LogP contribution in [0, 0.1) is 5.92 Å². The van der Waals surface area contributed by atoms with Crippen LogP contribution in [0.3, 0.4) is 0 Å². The zero-order valence-corrected chi connectivity index (χ0v) is 15.8. The summed E-state index contributed by atoms with van der Waals surface area (Å²) < 4.78 is 39.6. The van der Waals surface area contributed by atoms with E-state index < -0.39 is 23.7 Å². The Balaban J connectivity index is 1.51. The minimum atomic E-state index is -1.72. The van der Waals surface area contributed by atoms with Crippen LogP contribution in [0.2, 0.25) is 0 Å². The van der Waals surface area contributed by atoms with Gasteiger partial charge in [-0.3, -0.25) is 0 Å². The average Bonchev–Trinajstić information content (AvgIpc) is 3.08. The lowest BCUT2D eigenvalue weighted by atomic mass is 10.2. The average molecular weight is 392 g/mol. The van der Waals surface area contributed by atoms with Gasteiger partial charge in [0.15, 0.2) is 11.4 Å². The number of pyridine rings is 1. The largest absolute Gasteiger partial charge is 0.461 e. The van der Waals surface area contributed by atoms with Crippen molar-refractivity contribution in [2.24, 2.45) is 5.92 Å². The first-order chi connectivity index (χ1) is 13.5. The summed E-state index contributed by atoms with van der Waals surface area (Å²) >= 11 is 0. The van der Waals surface area contributed by atoms with Crippen molar-refractivity contribution in [2.75, 3.05) is 31.7 Å². The summed E-state index contributed by atoms with van der Waals surface area (Å²) in [6.45, 7) is 3.12. The van der Waals surface area contributed by atoms with Gasteiger partial charge in [-0.2, -0.15) is 0 Å². The molecule has 2 aromatic heterocycles. The first-order valence-electron chi connectivity index (χ1n) is 9.20. The minimum absolute atomic E-state index is 0.0298. The molecule has 3 unspecified atom stereocenters. The molecule has 0 N–H and O–H groups in total. The summed E-state index contributed by atoms with van der Waals surface area (Å²) in [5.41, 5.74) is 0.116. The van der Waals surface area contributed by atoms with Crippen LogP contribution in [-0.4, -0.2) is 59.2 Å². The van der Waals surface area contributed by atoms with E-state index in [2.05, 4.69) is 9.97 Å². The number of aromatic nitrogens is 3. The van der Waals surface area contributed by atoms with E-state index in [1.165, 1.54) is 0 Å². The SMILES string of the molecule is CCOC(=O)c1cn(Cc2ccc(N3CC4C(F)C4(F)C3)nc2COC)cn1. The third-order valence-electron chi connectivity index (χ3n) is 5.30. The molecule has 9 heteroatoms. The smallest absolute Gasteiger partial charge is 0.358 e. The number of carbonyl (C=O) groups is 1. The molecule has 1 aliphatic carbocycles. The van der Waals surface area contributed by atoms with Crippen LogP contribution < -0.4 is 4.90 Å². The highest BCUT2D eigenvalue weighted by Gasteiger charge is 2.72. The van der Waals surface area contributed by atoms with E-state index in [0.717, 1.165) is 5.56 Å². The zero-order chi connectivity index (χ0) is 19.9. The number of anilines is 1. The van der Waals surface area contributed by atoms with Crippen LogP contribution in [0.15, 0.2) is 24.7 Å². The second kappa shape index (κ2) is 7.12. The number of ether oxygens (including phenoxy) is 2. The summed E-state index contributed by atoms with van der Waals surface area (Å²) in [6, 6.07) is 3.70. The molecule has 150 valence electrons. The Kier molecular flexibility index (Phi) is 4.78. The Morgan fingerprint density at radius 3 is 2.93 bits per heavy atom. The second-order valence-electron chi connectivity index (χ2n) is 7.18. The van der Waals surface area contributed by atoms with E-state index in [9.17, 15) is 13.6 Å². The predicted molar refractivity (Wildman–Crippen MR) is 96.7 cm³/mol. The molecule has 0 radical (unpaired) electrons. The van der Waals surface area contributed by atoms with Crippen LogP contribution in [0.1, 0.15) is 28.7 Å². The number of fused-ring (bicyclic) bond motifs is 1. The molecular weight excluding hydrogens is 370 g/mol. The molecule has 0 amide bonds. The maximum Gasteiger partial charge on any atom is 0.358 e. The van der Waals surface area contributed by atoms with E-state index in [1.807, 2.05) is 6.07 Å². The highest BCUT2D eigenvalue weighted by atomic mass is 19.2. The number of hydrogen-bond donors (Lipinski definition) is 0. The highest BCUT2D eigenvalue weighted by molar-refractivity contribution is 5.86. The molecule has 7 nitrogen and oxygen atoms in total. The monoisotopic (exact) mass is 392 g/mol. The van der Waals surface area contributed by atoms with Crippen molar-refractivity contribution in [1.82, 2.24) is 14.5 Å². The molecular formula is C19H22F2N4O3. The highest BCUT2D eigenvalue weighted by Crippen LogP contribution is 2.55. The first-order valence-corrected chi connectivity index (χ1v) is 9.20. The van der Waals surface area contributed by atoms with Gasteiger partial charge in [-0.05, 0) is 18.6 Å². The van der Waals surface area contributed by atoms with E-state index in [-0.39, 0.29) is 25.5 Å². The van der Waals surface area contributed by atoms with Crippen molar-refractivity contribution in [3.8, 4) is 0 Å². The fourth-order valence-electron chi connectivity index (χ4n) is 3.71. The van der Waals surface area contributed by atoms with Gasteiger partial charge in [0.05, 0.1) is 38.3 Å². The van der Waals surface area contributed by atoms with Crippen molar-refractivity contribution < 1.29 is 23.0 Å². The standard InChI is InChI=1S/C19H22F2N4O3/c1-3-28-18(26)14-8-24(11-22-14)6-12-4-5-16(23-15(12)9-27-2)25-7-13-17(20)19(13,21)10-25/h4-5,8,11,13,17H,3,6-7,9-10H2,1-2H3. The fraction of sp³-hybridized carbons (Fsp3) is 0.526. The van der Waals surface area contributed by atoms with Crippen molar-refractivity contribution >= 4 is 11.8 Å². The Morgan fingerprint density at radius 2 is 2.25 bits per heavy atom. The molecule has 1 saturated carbocycles. The number of methoxy groups -OCH3 is 1. The molecule has 1 saturated heterocycles. The second-order valence-corrected chi connectivity index (χ2v) is 7.18. The van der Waals surface area contributed by atoms with Gasteiger partial charge in [0.1, 0.15) is 12.0 Å². The summed E-state index contributed by atoms with van der Waals surface area (Å²) in [5, 5.41) is 0. The minimum Gasteiger partial charge on any atom is -0.461 e. The number of imidazole rings is 1. The van der Waals surface area contributed by atoms with Gasteiger partial charge < -0.3 is 18.9 Å². The predicted octanol–water partition coefficient (Wildman–Crippen LogP) is 2.15. The Bertz CT molecular complexity index is 890. The molecule has 0 aromatic carbocycles. The molecule has 0 spiro atoms. The van der Waals surface area contributed by atoms with E-state index >= 15 is 0 Å². The van der Waals surface area contributed by atoms with Gasteiger partial charge >= 0.3 is 5.97 Å². The van der Waals surface area contributed by atoms with E-state index in [1.54, 1.807) is 42.1 Å². The zero-order valence-electron chi connectivity index (χ0n) is 15.8. The van der Waals surface area contributed by atoms with Crippen molar-refractivity contribution in [1.29, 1.82) is 0 Å². The van der Waals surface area contributed by atoms with Crippen molar-refractivity contribution in [3.05, 3.63) is 41.6 Å². The van der Waals surface area contributed by atoms with Gasteiger partial charge in [0.25, 0.3) is 0 Å². The third-order valence-corrected chi connectivity index (χ3v) is 5.30. The molecule has 2 fully saturated rings. The summed E-state index contributed by atoms with van der Waals surface area (Å²) in [6.07, 6.45) is 1.82. The van der Waals surface area contributed by atoms with Crippen molar-refractivity contribution in [2.45, 2.75) is 31.9 Å². The Labute approximate surface area is 161 Å². The van der Waals surface area contributed by atoms with E-state index in [0.29, 0.717) is 24.6 Å². The lowest BCUT2D eigenvalue weighted by Gasteiger charge is -2.22. The number of nitrogens with zero attached hydrogens (tertiary/aromatic N) is 4. The topological polar surface area (TPSA) is 69.5 Å². The van der Waals surface area contributed by atoms with Crippen LogP contribution in [0.4, 0.5) is 14.6 Å². The molecule has 1 aliphatic heterocycles. The maximum atomic E-state index is 14.2. The van der Waals surface area contributed by atoms with Crippen LogP contribution in [-0.2, 0) is 22.6 Å². The molecule has 3 atom stereocenters. The van der Waals surface area contributed by atoms with Crippen molar-refractivity contribution in [3.63, 3.8) is 0 Å². The van der Waals surface area contributed by atoms with Crippen LogP contribution in [0.5, 0.6) is 0 Å². The lowest BCUT2D eigenvalue weighted by molar-refractivity contribution is 0.0520. The van der Waals surface area contributed by atoms with Gasteiger partial charge in [0.2, 0.25) is 0 Å². The molecule has 2 aromatic rings. The number of piperidine rings is 1. The van der Waals surface area contributed by atoms with E-state index in [4.69, 9.17) is 9.47 Å². The molecule has 4 rings (SSSR count). The fourth-order valence-corrected chi connectivity index (χ4v) is 3.71. The van der Waals surface area contributed by atoms with Gasteiger partial charge in [-0.15, -0.1) is 0 Å². The Morgan fingerprint density at radius 1 is 1.43 bits per heavy atom. The third kappa shape index (κ3) is 3.23. The quantitative estimate of drug-likeness (QED) is 0.673. The number of halogens is 2.